The van der Waals surface area contributed by atoms with Crippen LogP contribution in [0.2, 0.25) is 0 Å². The van der Waals surface area contributed by atoms with Crippen molar-refractivity contribution in [2.24, 2.45) is 0 Å². The van der Waals surface area contributed by atoms with Crippen molar-refractivity contribution in [1.29, 1.82) is 0 Å². The van der Waals surface area contributed by atoms with E-state index in [0.717, 1.165) is 5.56 Å². The molecule has 0 saturated carbocycles. The summed E-state index contributed by atoms with van der Waals surface area (Å²) in [6.07, 6.45) is 0. The van der Waals surface area contributed by atoms with Crippen LogP contribution in [0.4, 0.5) is 10.1 Å². The summed E-state index contributed by atoms with van der Waals surface area (Å²) in [5.41, 5.74) is 1.44. The van der Waals surface area contributed by atoms with Crippen molar-refractivity contribution in [3.63, 3.8) is 0 Å². The smallest absolute Gasteiger partial charge is 0.261 e. The lowest BCUT2D eigenvalue weighted by Gasteiger charge is -2.12. The molecule has 0 unspecified atom stereocenters. The molecule has 106 valence electrons. The van der Waals surface area contributed by atoms with Gasteiger partial charge >= 0.3 is 0 Å². The zero-order valence-corrected chi connectivity index (χ0v) is 13.3. The summed E-state index contributed by atoms with van der Waals surface area (Å²) in [5.74, 6) is -0.478. The zero-order valence-electron chi connectivity index (χ0n) is 10.9. The highest BCUT2D eigenvalue weighted by atomic mass is 79.9. The summed E-state index contributed by atoms with van der Waals surface area (Å²) in [5, 5.41) is 0. The summed E-state index contributed by atoms with van der Waals surface area (Å²) < 4.78 is 40.9. The molecular formula is C14H13BrFNO2S. The Hall–Kier alpha value is -1.40. The van der Waals surface area contributed by atoms with E-state index < -0.39 is 15.8 Å². The molecule has 3 nitrogen and oxygen atoms in total. The van der Waals surface area contributed by atoms with Gasteiger partial charge in [0.15, 0.2) is 0 Å². The Balaban J connectivity index is 2.38. The average molecular weight is 358 g/mol. The second kappa shape index (κ2) is 5.54. The molecule has 0 aromatic heterocycles. The van der Waals surface area contributed by atoms with E-state index in [-0.39, 0.29) is 16.1 Å². The monoisotopic (exact) mass is 357 g/mol. The molecular weight excluding hydrogens is 345 g/mol. The molecule has 0 aliphatic heterocycles. The van der Waals surface area contributed by atoms with Crippen LogP contribution in [-0.2, 0) is 10.0 Å². The van der Waals surface area contributed by atoms with Crippen LogP contribution in [-0.4, -0.2) is 8.42 Å². The first-order valence-corrected chi connectivity index (χ1v) is 8.13. The molecule has 1 N–H and O–H groups in total. The van der Waals surface area contributed by atoms with Gasteiger partial charge in [-0.3, -0.25) is 4.72 Å². The van der Waals surface area contributed by atoms with Crippen LogP contribution in [0.5, 0.6) is 0 Å². The molecule has 20 heavy (non-hydrogen) atoms. The van der Waals surface area contributed by atoms with Gasteiger partial charge in [0.2, 0.25) is 0 Å². The third kappa shape index (κ3) is 3.02. The number of hydrogen-bond donors (Lipinski definition) is 1. The number of nitrogens with one attached hydrogen (secondary N) is 1. The molecule has 0 atom stereocenters. The van der Waals surface area contributed by atoms with E-state index in [1.807, 2.05) is 6.92 Å². The zero-order chi connectivity index (χ0) is 14.9. The average Bonchev–Trinajstić information content (AvgIpc) is 2.40. The molecule has 0 saturated heterocycles. The molecule has 6 heteroatoms. The number of benzene rings is 2. The molecule has 0 heterocycles. The summed E-state index contributed by atoms with van der Waals surface area (Å²) in [7, 11) is -3.71. The fourth-order valence-corrected chi connectivity index (χ4v) is 3.24. The van der Waals surface area contributed by atoms with E-state index in [1.54, 1.807) is 12.1 Å². The van der Waals surface area contributed by atoms with Crippen LogP contribution in [0.25, 0.3) is 0 Å². The third-order valence-electron chi connectivity index (χ3n) is 2.91. The van der Waals surface area contributed by atoms with E-state index in [9.17, 15) is 12.8 Å². The van der Waals surface area contributed by atoms with Crippen molar-refractivity contribution in [3.05, 3.63) is 57.8 Å². The van der Waals surface area contributed by atoms with E-state index in [1.165, 1.54) is 31.2 Å². The van der Waals surface area contributed by atoms with Crippen molar-refractivity contribution in [2.75, 3.05) is 4.72 Å². The van der Waals surface area contributed by atoms with E-state index in [4.69, 9.17) is 0 Å². The highest BCUT2D eigenvalue weighted by Crippen LogP contribution is 2.27. The number of anilines is 1. The van der Waals surface area contributed by atoms with Crippen LogP contribution in [0, 0.1) is 19.7 Å². The van der Waals surface area contributed by atoms with Gasteiger partial charge in [-0.05, 0) is 54.0 Å². The highest BCUT2D eigenvalue weighted by molar-refractivity contribution is 9.10. The lowest BCUT2D eigenvalue weighted by atomic mass is 10.2. The Morgan fingerprint density at radius 3 is 2.25 bits per heavy atom. The minimum Gasteiger partial charge on any atom is -0.279 e. The molecule has 2 rings (SSSR count). The molecule has 2 aromatic rings. The maximum atomic E-state index is 13.7. The molecule has 0 amide bonds. The Labute approximate surface area is 126 Å². The van der Waals surface area contributed by atoms with Crippen molar-refractivity contribution in [2.45, 2.75) is 18.7 Å². The van der Waals surface area contributed by atoms with Gasteiger partial charge in [0.25, 0.3) is 10.0 Å². The first-order valence-electron chi connectivity index (χ1n) is 5.85. The van der Waals surface area contributed by atoms with Crippen LogP contribution >= 0.6 is 15.9 Å². The number of hydrogen-bond acceptors (Lipinski definition) is 2. The first-order chi connectivity index (χ1) is 9.31. The quantitative estimate of drug-likeness (QED) is 0.901. The van der Waals surface area contributed by atoms with Crippen LogP contribution in [0.15, 0.2) is 45.8 Å². The van der Waals surface area contributed by atoms with Crippen molar-refractivity contribution < 1.29 is 12.8 Å². The predicted molar refractivity (Wildman–Crippen MR) is 80.8 cm³/mol. The fourth-order valence-electron chi connectivity index (χ4n) is 1.68. The van der Waals surface area contributed by atoms with E-state index in [0.29, 0.717) is 4.47 Å². The fraction of sp³-hybridized carbons (Fsp3) is 0.143. The van der Waals surface area contributed by atoms with Gasteiger partial charge in [-0.25, -0.2) is 12.8 Å². The van der Waals surface area contributed by atoms with Gasteiger partial charge in [0, 0.05) is 5.56 Å². The SMILES string of the molecule is Cc1ccc(S(=O)(=O)Nc2ccc(Br)c(F)c2C)cc1. The molecule has 0 spiro atoms. The van der Waals surface area contributed by atoms with Gasteiger partial charge < -0.3 is 0 Å². The Morgan fingerprint density at radius 1 is 1.05 bits per heavy atom. The number of rotatable bonds is 3. The molecule has 2 aromatic carbocycles. The van der Waals surface area contributed by atoms with Crippen molar-refractivity contribution >= 4 is 31.6 Å². The van der Waals surface area contributed by atoms with Gasteiger partial charge in [-0.15, -0.1) is 0 Å². The molecule has 0 bridgehead atoms. The maximum absolute atomic E-state index is 13.7. The number of aryl methyl sites for hydroxylation is 1. The second-order valence-corrected chi connectivity index (χ2v) is 6.99. The largest absolute Gasteiger partial charge is 0.279 e. The summed E-state index contributed by atoms with van der Waals surface area (Å²) in [6.45, 7) is 3.39. The maximum Gasteiger partial charge on any atom is 0.261 e. The third-order valence-corrected chi connectivity index (χ3v) is 4.91. The molecule has 0 radical (unpaired) electrons. The van der Waals surface area contributed by atoms with Crippen molar-refractivity contribution in [3.8, 4) is 0 Å². The molecule has 0 fully saturated rings. The number of halogens is 2. The summed E-state index contributed by atoms with van der Waals surface area (Å²) in [6, 6.07) is 9.45. The van der Waals surface area contributed by atoms with Crippen LogP contribution in [0.1, 0.15) is 11.1 Å². The Kier molecular flexibility index (Phi) is 4.15. The lowest BCUT2D eigenvalue weighted by molar-refractivity contribution is 0.600. The van der Waals surface area contributed by atoms with Gasteiger partial charge in [-0.2, -0.15) is 0 Å². The Morgan fingerprint density at radius 2 is 1.65 bits per heavy atom. The predicted octanol–water partition coefficient (Wildman–Crippen LogP) is 4.01. The minimum atomic E-state index is -3.71. The van der Waals surface area contributed by atoms with E-state index >= 15 is 0 Å². The summed E-state index contributed by atoms with van der Waals surface area (Å²) in [4.78, 5) is 0.144. The van der Waals surface area contributed by atoms with Crippen molar-refractivity contribution in [1.82, 2.24) is 0 Å². The lowest BCUT2D eigenvalue weighted by Crippen LogP contribution is -2.14. The first kappa shape index (κ1) is 15.0. The van der Waals surface area contributed by atoms with Crippen LogP contribution < -0.4 is 4.72 Å². The molecule has 0 aliphatic rings. The van der Waals surface area contributed by atoms with Gasteiger partial charge in [0.05, 0.1) is 15.1 Å². The summed E-state index contributed by atoms with van der Waals surface area (Å²) >= 11 is 3.06. The minimum absolute atomic E-state index is 0.144. The molecule has 0 aliphatic carbocycles. The normalized spacial score (nSPS) is 11.4. The van der Waals surface area contributed by atoms with Gasteiger partial charge in [0.1, 0.15) is 5.82 Å². The number of sulfonamides is 1. The highest BCUT2D eigenvalue weighted by Gasteiger charge is 2.17. The van der Waals surface area contributed by atoms with Gasteiger partial charge in [-0.1, -0.05) is 17.7 Å². The van der Waals surface area contributed by atoms with Crippen LogP contribution in [0.3, 0.4) is 0 Å². The Bertz CT molecular complexity index is 743. The topological polar surface area (TPSA) is 46.2 Å². The second-order valence-electron chi connectivity index (χ2n) is 4.45. The van der Waals surface area contributed by atoms with E-state index in [2.05, 4.69) is 20.7 Å². The standard InChI is InChI=1S/C14H13BrFNO2S/c1-9-3-5-11(6-4-9)20(18,19)17-13-8-7-12(15)14(16)10(13)2/h3-8,17H,1-2H3.